The van der Waals surface area contributed by atoms with Crippen LogP contribution in [0, 0.1) is 13.8 Å². The Bertz CT molecular complexity index is 1110. The van der Waals surface area contributed by atoms with Crippen LogP contribution in [0.25, 0.3) is 16.5 Å². The van der Waals surface area contributed by atoms with E-state index in [2.05, 4.69) is 34.7 Å². The van der Waals surface area contributed by atoms with Crippen LogP contribution in [0.4, 0.5) is 5.69 Å². The zero-order valence-electron chi connectivity index (χ0n) is 15.4. The number of carbonyl (C=O) groups is 1. The fourth-order valence-corrected chi connectivity index (χ4v) is 3.36. The molecule has 1 heterocycles. The number of hydrogen-bond donors (Lipinski definition) is 1. The molecule has 3 aromatic carbocycles. The Morgan fingerprint density at radius 1 is 0.926 bits per heavy atom. The Morgan fingerprint density at radius 3 is 2.41 bits per heavy atom. The largest absolute Gasteiger partial charge is 0.323 e. The van der Waals surface area contributed by atoms with Gasteiger partial charge in [-0.05, 0) is 42.3 Å². The van der Waals surface area contributed by atoms with Crippen molar-refractivity contribution in [3.05, 3.63) is 89.7 Å². The molecule has 0 spiro atoms. The predicted molar refractivity (Wildman–Crippen MR) is 109 cm³/mol. The molecule has 0 aliphatic rings. The summed E-state index contributed by atoms with van der Waals surface area (Å²) in [7, 11) is 0. The van der Waals surface area contributed by atoms with Gasteiger partial charge in [0.2, 0.25) is 5.91 Å². The Labute approximate surface area is 158 Å². The molecule has 0 atom stereocenters. The van der Waals surface area contributed by atoms with E-state index in [9.17, 15) is 4.79 Å². The molecule has 0 fully saturated rings. The zero-order valence-corrected chi connectivity index (χ0v) is 15.4. The molecule has 0 radical (unpaired) electrons. The number of hydrogen-bond acceptors (Lipinski definition) is 2. The van der Waals surface area contributed by atoms with Crippen molar-refractivity contribution in [2.75, 3.05) is 5.32 Å². The molecule has 134 valence electrons. The lowest BCUT2D eigenvalue weighted by molar-refractivity contribution is -0.115. The summed E-state index contributed by atoms with van der Waals surface area (Å²) in [6.07, 6.45) is 0.334. The van der Waals surface area contributed by atoms with E-state index in [0.717, 1.165) is 33.7 Å². The molecule has 0 saturated heterocycles. The molecule has 4 heteroatoms. The van der Waals surface area contributed by atoms with Crippen molar-refractivity contribution in [1.82, 2.24) is 9.78 Å². The van der Waals surface area contributed by atoms with Crippen molar-refractivity contribution in [1.29, 1.82) is 0 Å². The summed E-state index contributed by atoms with van der Waals surface area (Å²) in [4.78, 5) is 12.6. The summed E-state index contributed by atoms with van der Waals surface area (Å²) in [5, 5.41) is 9.95. The van der Waals surface area contributed by atoms with Gasteiger partial charge in [0.05, 0.1) is 29.2 Å². The van der Waals surface area contributed by atoms with Crippen LogP contribution < -0.4 is 5.32 Å². The Morgan fingerprint density at radius 2 is 1.63 bits per heavy atom. The van der Waals surface area contributed by atoms with E-state index in [1.807, 2.05) is 67.1 Å². The van der Waals surface area contributed by atoms with Crippen LogP contribution in [0.2, 0.25) is 0 Å². The van der Waals surface area contributed by atoms with Gasteiger partial charge in [-0.3, -0.25) is 4.79 Å². The third-order valence-electron chi connectivity index (χ3n) is 4.74. The first-order chi connectivity index (χ1) is 13.1. The van der Waals surface area contributed by atoms with E-state index in [0.29, 0.717) is 6.42 Å². The van der Waals surface area contributed by atoms with E-state index in [1.165, 1.54) is 5.39 Å². The minimum atomic E-state index is -0.0379. The van der Waals surface area contributed by atoms with Crippen molar-refractivity contribution < 1.29 is 4.79 Å². The maximum absolute atomic E-state index is 12.6. The molecule has 0 unspecified atom stereocenters. The lowest BCUT2D eigenvalue weighted by Crippen LogP contribution is -2.15. The second-order valence-electron chi connectivity index (χ2n) is 6.70. The first-order valence-electron chi connectivity index (χ1n) is 9.01. The average Bonchev–Trinajstić information content (AvgIpc) is 2.97. The van der Waals surface area contributed by atoms with E-state index >= 15 is 0 Å². The molecule has 0 saturated carbocycles. The van der Waals surface area contributed by atoms with Gasteiger partial charge < -0.3 is 5.32 Å². The Kier molecular flexibility index (Phi) is 4.47. The van der Waals surface area contributed by atoms with Gasteiger partial charge in [0.15, 0.2) is 0 Å². The normalized spacial score (nSPS) is 10.9. The summed E-state index contributed by atoms with van der Waals surface area (Å²) in [6.45, 7) is 3.89. The average molecular weight is 355 g/mol. The third kappa shape index (κ3) is 3.47. The second kappa shape index (κ2) is 7.08. The number of para-hydroxylation sites is 1. The topological polar surface area (TPSA) is 46.9 Å². The SMILES string of the molecule is Cc1nn(-c2ccccc2)c(C)c1NC(=O)Cc1ccc2ccccc2c1. The zero-order chi connectivity index (χ0) is 18.8. The number of fused-ring (bicyclic) bond motifs is 1. The number of nitrogens with zero attached hydrogens (tertiary/aromatic N) is 2. The van der Waals surface area contributed by atoms with Gasteiger partial charge in [-0.1, -0.05) is 60.7 Å². The minimum Gasteiger partial charge on any atom is -0.323 e. The van der Waals surface area contributed by atoms with Gasteiger partial charge in [0.25, 0.3) is 0 Å². The predicted octanol–water partition coefficient (Wildman–Crippen LogP) is 4.82. The molecule has 4 aromatic rings. The van der Waals surface area contributed by atoms with Crippen LogP contribution in [-0.4, -0.2) is 15.7 Å². The summed E-state index contributed by atoms with van der Waals surface area (Å²) in [5.41, 5.74) is 4.49. The van der Waals surface area contributed by atoms with Crippen LogP contribution in [0.3, 0.4) is 0 Å². The highest BCUT2D eigenvalue weighted by molar-refractivity contribution is 5.94. The molecular weight excluding hydrogens is 334 g/mol. The Balaban J connectivity index is 1.55. The van der Waals surface area contributed by atoms with Gasteiger partial charge in [-0.2, -0.15) is 5.10 Å². The standard InChI is InChI=1S/C23H21N3O/c1-16-23(17(2)26(25-16)21-10-4-3-5-11-21)24-22(27)15-18-12-13-19-8-6-7-9-20(19)14-18/h3-14H,15H2,1-2H3,(H,24,27). The number of rotatable bonds is 4. The second-order valence-corrected chi connectivity index (χ2v) is 6.70. The van der Waals surface area contributed by atoms with Gasteiger partial charge in [0.1, 0.15) is 0 Å². The number of carbonyl (C=O) groups excluding carboxylic acids is 1. The fraction of sp³-hybridized carbons (Fsp3) is 0.130. The van der Waals surface area contributed by atoms with E-state index < -0.39 is 0 Å². The van der Waals surface area contributed by atoms with Gasteiger partial charge >= 0.3 is 0 Å². The van der Waals surface area contributed by atoms with Crippen LogP contribution in [0.1, 0.15) is 17.0 Å². The van der Waals surface area contributed by atoms with Crippen LogP contribution >= 0.6 is 0 Å². The van der Waals surface area contributed by atoms with Gasteiger partial charge in [0, 0.05) is 0 Å². The number of aryl methyl sites for hydroxylation is 1. The summed E-state index contributed by atoms with van der Waals surface area (Å²) in [6, 6.07) is 24.2. The van der Waals surface area contributed by atoms with E-state index in [4.69, 9.17) is 0 Å². The molecule has 0 aliphatic carbocycles. The van der Waals surface area contributed by atoms with Crippen molar-refractivity contribution in [2.45, 2.75) is 20.3 Å². The minimum absolute atomic E-state index is 0.0379. The highest BCUT2D eigenvalue weighted by atomic mass is 16.1. The van der Waals surface area contributed by atoms with Crippen LogP contribution in [-0.2, 0) is 11.2 Å². The third-order valence-corrected chi connectivity index (χ3v) is 4.74. The lowest BCUT2D eigenvalue weighted by Gasteiger charge is -2.08. The Hall–Kier alpha value is -3.40. The molecule has 4 nitrogen and oxygen atoms in total. The first kappa shape index (κ1) is 17.0. The molecule has 1 aromatic heterocycles. The number of anilines is 1. The summed E-state index contributed by atoms with van der Waals surface area (Å²) in [5.74, 6) is -0.0379. The van der Waals surface area contributed by atoms with Crippen molar-refractivity contribution in [2.24, 2.45) is 0 Å². The molecule has 27 heavy (non-hydrogen) atoms. The summed E-state index contributed by atoms with van der Waals surface area (Å²) < 4.78 is 1.86. The van der Waals surface area contributed by atoms with Crippen molar-refractivity contribution in [3.8, 4) is 5.69 Å². The molecule has 1 amide bonds. The smallest absolute Gasteiger partial charge is 0.228 e. The number of benzene rings is 3. The first-order valence-corrected chi connectivity index (χ1v) is 9.01. The maximum atomic E-state index is 12.6. The number of aromatic nitrogens is 2. The lowest BCUT2D eigenvalue weighted by atomic mass is 10.0. The highest BCUT2D eigenvalue weighted by Gasteiger charge is 2.15. The summed E-state index contributed by atoms with van der Waals surface area (Å²) >= 11 is 0. The number of nitrogens with one attached hydrogen (secondary N) is 1. The molecule has 1 N–H and O–H groups in total. The van der Waals surface area contributed by atoms with Crippen molar-refractivity contribution >= 4 is 22.4 Å². The quantitative estimate of drug-likeness (QED) is 0.570. The fourth-order valence-electron chi connectivity index (χ4n) is 3.36. The maximum Gasteiger partial charge on any atom is 0.228 e. The molecule has 0 aliphatic heterocycles. The van der Waals surface area contributed by atoms with Crippen LogP contribution in [0.15, 0.2) is 72.8 Å². The molecule has 4 rings (SSSR count). The van der Waals surface area contributed by atoms with E-state index in [-0.39, 0.29) is 5.91 Å². The van der Waals surface area contributed by atoms with Crippen LogP contribution in [0.5, 0.6) is 0 Å². The van der Waals surface area contributed by atoms with Crippen molar-refractivity contribution in [3.63, 3.8) is 0 Å². The molecular formula is C23H21N3O. The molecule has 0 bridgehead atoms. The van der Waals surface area contributed by atoms with E-state index in [1.54, 1.807) is 0 Å². The monoisotopic (exact) mass is 355 g/mol. The van der Waals surface area contributed by atoms with Gasteiger partial charge in [-0.25, -0.2) is 4.68 Å². The number of amides is 1. The van der Waals surface area contributed by atoms with Gasteiger partial charge in [-0.15, -0.1) is 0 Å². The highest BCUT2D eigenvalue weighted by Crippen LogP contribution is 2.23.